The lowest BCUT2D eigenvalue weighted by Gasteiger charge is -2.09. The van der Waals surface area contributed by atoms with Gasteiger partial charge in [-0.1, -0.05) is 12.1 Å². The number of hydrogen-bond acceptors (Lipinski definition) is 5. The Hall–Kier alpha value is -4.33. The Morgan fingerprint density at radius 1 is 0.941 bits per heavy atom. The Morgan fingerprint density at radius 2 is 1.76 bits per heavy atom. The first-order valence-electron chi connectivity index (χ1n) is 11.4. The van der Waals surface area contributed by atoms with Gasteiger partial charge < -0.3 is 25.9 Å². The van der Waals surface area contributed by atoms with Gasteiger partial charge in [0, 0.05) is 54.6 Å². The number of rotatable bonds is 9. The van der Waals surface area contributed by atoms with E-state index < -0.39 is 0 Å². The van der Waals surface area contributed by atoms with Crippen LogP contribution in [0, 0.1) is 0 Å². The molecule has 0 unspecified atom stereocenters. The van der Waals surface area contributed by atoms with Gasteiger partial charge in [0.2, 0.25) is 11.9 Å². The van der Waals surface area contributed by atoms with Gasteiger partial charge in [0.25, 0.3) is 0 Å². The van der Waals surface area contributed by atoms with Gasteiger partial charge in [-0.05, 0) is 65.4 Å². The molecule has 5 aromatic rings. The summed E-state index contributed by atoms with van der Waals surface area (Å²) >= 11 is 0. The average Bonchev–Trinajstić information content (AvgIpc) is 3.48. The maximum atomic E-state index is 12.0. The van der Waals surface area contributed by atoms with Crippen LogP contribution in [-0.2, 0) is 24.3 Å². The van der Waals surface area contributed by atoms with Gasteiger partial charge in [-0.25, -0.2) is 4.98 Å². The highest BCUT2D eigenvalue weighted by Gasteiger charge is 2.09. The Bertz CT molecular complexity index is 1440. The highest BCUT2D eigenvalue weighted by Crippen LogP contribution is 2.21. The molecule has 0 aliphatic heterocycles. The quantitative estimate of drug-likeness (QED) is 0.228. The third-order valence-corrected chi connectivity index (χ3v) is 5.75. The summed E-state index contributed by atoms with van der Waals surface area (Å²) in [6, 6.07) is 16.5. The summed E-state index contributed by atoms with van der Waals surface area (Å²) in [6.07, 6.45) is 5.95. The molecule has 34 heavy (non-hydrogen) atoms. The van der Waals surface area contributed by atoms with E-state index in [1.54, 1.807) is 6.20 Å². The highest BCUT2D eigenvalue weighted by atomic mass is 16.1. The molecule has 3 heterocycles. The monoisotopic (exact) mass is 453 g/mol. The Balaban J connectivity index is 1.22. The Labute approximate surface area is 197 Å². The van der Waals surface area contributed by atoms with Crippen LogP contribution in [0.25, 0.3) is 21.8 Å². The fraction of sp³-hybridized carbons (Fsp3) is 0.192. The Morgan fingerprint density at radius 3 is 2.65 bits per heavy atom. The third kappa shape index (κ3) is 4.85. The molecule has 0 fully saturated rings. The van der Waals surface area contributed by atoms with Gasteiger partial charge in [-0.3, -0.25) is 4.79 Å². The molecule has 0 saturated carbocycles. The van der Waals surface area contributed by atoms with Crippen LogP contribution >= 0.6 is 0 Å². The van der Waals surface area contributed by atoms with Gasteiger partial charge >= 0.3 is 0 Å². The fourth-order valence-electron chi connectivity index (χ4n) is 4.04. The summed E-state index contributed by atoms with van der Waals surface area (Å²) in [5.41, 5.74) is 5.41. The summed E-state index contributed by atoms with van der Waals surface area (Å²) in [5.74, 6) is 1.34. The van der Waals surface area contributed by atoms with E-state index in [0.29, 0.717) is 32.0 Å². The molecule has 5 N–H and O–H groups in total. The maximum Gasteiger partial charge on any atom is 0.224 e. The minimum absolute atomic E-state index is 0.0256. The van der Waals surface area contributed by atoms with Crippen LogP contribution in [0.4, 0.5) is 11.8 Å². The lowest BCUT2D eigenvalue weighted by atomic mass is 10.1. The normalized spacial score (nSPS) is 11.1. The summed E-state index contributed by atoms with van der Waals surface area (Å²) in [6.45, 7) is 3.81. The number of carbonyl (C=O) groups is 1. The summed E-state index contributed by atoms with van der Waals surface area (Å²) < 4.78 is 0. The SMILES string of the molecule is CCNC(=O)Cc1c[nH]c2ccc(CNc3nccc(NCc4ccc5[nH]ccc5c4)n3)cc12. The van der Waals surface area contributed by atoms with E-state index in [0.717, 1.165) is 33.4 Å². The largest absolute Gasteiger partial charge is 0.366 e. The van der Waals surface area contributed by atoms with Gasteiger partial charge in [0.1, 0.15) is 5.82 Å². The predicted molar refractivity (Wildman–Crippen MR) is 136 cm³/mol. The van der Waals surface area contributed by atoms with Crippen molar-refractivity contribution in [1.29, 1.82) is 0 Å². The topological polar surface area (TPSA) is 111 Å². The second kappa shape index (κ2) is 9.66. The molecule has 3 aromatic heterocycles. The second-order valence-electron chi connectivity index (χ2n) is 8.20. The van der Waals surface area contributed by atoms with E-state index in [1.165, 1.54) is 10.9 Å². The molecular formula is C26H27N7O. The van der Waals surface area contributed by atoms with Crippen LogP contribution in [0.5, 0.6) is 0 Å². The maximum absolute atomic E-state index is 12.0. The number of H-pyrrole nitrogens is 2. The predicted octanol–water partition coefficient (Wildman–Crippen LogP) is 4.34. The van der Waals surface area contributed by atoms with Crippen molar-refractivity contribution in [2.45, 2.75) is 26.4 Å². The summed E-state index contributed by atoms with van der Waals surface area (Å²) in [5, 5.41) is 11.8. The zero-order valence-electron chi connectivity index (χ0n) is 19.0. The van der Waals surface area contributed by atoms with Crippen LogP contribution in [0.15, 0.2) is 67.1 Å². The average molecular weight is 454 g/mol. The van der Waals surface area contributed by atoms with Crippen LogP contribution in [0.3, 0.4) is 0 Å². The highest BCUT2D eigenvalue weighted by molar-refractivity contribution is 5.89. The van der Waals surface area contributed by atoms with Crippen molar-refractivity contribution in [2.75, 3.05) is 17.2 Å². The zero-order valence-corrected chi connectivity index (χ0v) is 19.0. The van der Waals surface area contributed by atoms with Crippen LogP contribution < -0.4 is 16.0 Å². The van der Waals surface area contributed by atoms with Gasteiger partial charge in [-0.2, -0.15) is 4.98 Å². The number of nitrogens with one attached hydrogen (secondary N) is 5. The molecule has 0 saturated heterocycles. The number of likely N-dealkylation sites (N-methyl/N-ethyl adjacent to an activating group) is 1. The van der Waals surface area contributed by atoms with Crippen LogP contribution in [-0.4, -0.2) is 32.4 Å². The minimum Gasteiger partial charge on any atom is -0.366 e. The van der Waals surface area contributed by atoms with Crippen molar-refractivity contribution < 1.29 is 4.79 Å². The van der Waals surface area contributed by atoms with Crippen molar-refractivity contribution in [1.82, 2.24) is 25.3 Å². The zero-order chi connectivity index (χ0) is 23.3. The number of anilines is 2. The van der Waals surface area contributed by atoms with Crippen molar-refractivity contribution in [2.24, 2.45) is 0 Å². The molecule has 5 rings (SSSR count). The van der Waals surface area contributed by atoms with Gasteiger partial charge in [0.15, 0.2) is 0 Å². The second-order valence-corrected chi connectivity index (χ2v) is 8.20. The summed E-state index contributed by atoms with van der Waals surface area (Å²) in [4.78, 5) is 27.4. The van der Waals surface area contributed by atoms with Crippen molar-refractivity contribution in [3.05, 3.63) is 83.8 Å². The number of hydrogen-bond donors (Lipinski definition) is 5. The van der Waals surface area contributed by atoms with Crippen molar-refractivity contribution >= 4 is 39.5 Å². The first-order chi connectivity index (χ1) is 16.7. The first kappa shape index (κ1) is 21.5. The lowest BCUT2D eigenvalue weighted by molar-refractivity contribution is -0.120. The van der Waals surface area contributed by atoms with E-state index in [9.17, 15) is 4.79 Å². The molecule has 172 valence electrons. The molecule has 0 radical (unpaired) electrons. The van der Waals surface area contributed by atoms with E-state index in [4.69, 9.17) is 0 Å². The molecule has 8 heteroatoms. The number of aromatic amines is 2. The standard InChI is InChI=1S/C26H27N7O/c1-2-27-25(34)13-20-16-30-23-6-4-18(12-21(20)23)15-32-26-29-10-8-24(33-26)31-14-17-3-5-22-19(11-17)7-9-28-22/h3-12,16,28,30H,2,13-15H2,1H3,(H,27,34)(H2,29,31,32,33). The van der Waals surface area contributed by atoms with Gasteiger partial charge in [0.05, 0.1) is 6.42 Å². The molecule has 0 bridgehead atoms. The van der Waals surface area contributed by atoms with Crippen LogP contribution in [0.2, 0.25) is 0 Å². The lowest BCUT2D eigenvalue weighted by Crippen LogP contribution is -2.24. The number of nitrogens with zero attached hydrogens (tertiary/aromatic N) is 2. The number of carbonyl (C=O) groups excluding carboxylic acids is 1. The smallest absolute Gasteiger partial charge is 0.224 e. The number of aromatic nitrogens is 4. The molecule has 0 aliphatic rings. The van der Waals surface area contributed by atoms with Gasteiger partial charge in [-0.15, -0.1) is 0 Å². The first-order valence-corrected chi connectivity index (χ1v) is 11.4. The van der Waals surface area contributed by atoms with Crippen molar-refractivity contribution in [3.63, 3.8) is 0 Å². The number of benzene rings is 2. The van der Waals surface area contributed by atoms with E-state index in [-0.39, 0.29) is 5.91 Å². The minimum atomic E-state index is 0.0256. The molecule has 1 amide bonds. The molecule has 8 nitrogen and oxygen atoms in total. The molecule has 0 atom stereocenters. The molecule has 0 spiro atoms. The molecule has 0 aliphatic carbocycles. The fourth-order valence-corrected chi connectivity index (χ4v) is 4.04. The summed E-state index contributed by atoms with van der Waals surface area (Å²) in [7, 11) is 0. The van der Waals surface area contributed by atoms with E-state index >= 15 is 0 Å². The van der Waals surface area contributed by atoms with E-state index in [1.807, 2.05) is 31.5 Å². The number of amides is 1. The van der Waals surface area contributed by atoms with E-state index in [2.05, 4.69) is 72.3 Å². The molecule has 2 aromatic carbocycles. The Kier molecular flexibility index (Phi) is 6.11. The van der Waals surface area contributed by atoms with Crippen LogP contribution in [0.1, 0.15) is 23.6 Å². The number of fused-ring (bicyclic) bond motifs is 2. The molecular weight excluding hydrogens is 426 g/mol. The van der Waals surface area contributed by atoms with Crippen molar-refractivity contribution in [3.8, 4) is 0 Å². The third-order valence-electron chi connectivity index (χ3n) is 5.75.